The van der Waals surface area contributed by atoms with Crippen molar-refractivity contribution in [1.29, 1.82) is 5.26 Å². The average Bonchev–Trinajstić information content (AvgIpc) is 3.32. The Morgan fingerprint density at radius 1 is 1.06 bits per heavy atom. The topological polar surface area (TPSA) is 115 Å². The Kier molecular flexibility index (Phi) is 8.53. The van der Waals surface area contributed by atoms with E-state index in [0.717, 1.165) is 44.3 Å². The van der Waals surface area contributed by atoms with Crippen molar-refractivity contribution >= 4 is 18.3 Å². The second kappa shape index (κ2) is 11.8. The van der Waals surface area contributed by atoms with Crippen LogP contribution in [0.3, 0.4) is 0 Å². The number of nitriles is 1. The Bertz CT molecular complexity index is 1030. The summed E-state index contributed by atoms with van der Waals surface area (Å²) in [6.07, 6.45) is 8.55. The van der Waals surface area contributed by atoms with Gasteiger partial charge in [-0.3, -0.25) is 19.4 Å². The molecule has 0 saturated carbocycles. The number of piperidine rings is 1. The second-order valence-electron chi connectivity index (χ2n) is 8.34. The molecular formula is C25H28N4O4. The Hall–Kier alpha value is -3.73. The summed E-state index contributed by atoms with van der Waals surface area (Å²) >= 11 is 0. The zero-order valence-electron chi connectivity index (χ0n) is 18.5. The molecule has 0 aliphatic carbocycles. The molecule has 8 heteroatoms. The van der Waals surface area contributed by atoms with Crippen LogP contribution in [-0.2, 0) is 11.2 Å². The van der Waals surface area contributed by atoms with Crippen molar-refractivity contribution in [3.63, 3.8) is 0 Å². The van der Waals surface area contributed by atoms with Gasteiger partial charge in [0.2, 0.25) is 0 Å². The van der Waals surface area contributed by atoms with Gasteiger partial charge in [0, 0.05) is 44.1 Å². The number of nitrogens with zero attached hydrogens (tertiary/aromatic N) is 4. The molecule has 0 bridgehead atoms. The zero-order chi connectivity index (χ0) is 23.6. The van der Waals surface area contributed by atoms with Crippen molar-refractivity contribution in [2.24, 2.45) is 5.92 Å². The van der Waals surface area contributed by atoms with E-state index in [4.69, 9.17) is 15.2 Å². The van der Waals surface area contributed by atoms with E-state index >= 15 is 0 Å². The van der Waals surface area contributed by atoms with Crippen LogP contribution in [0.15, 0.2) is 42.7 Å². The van der Waals surface area contributed by atoms with E-state index in [2.05, 4.69) is 11.1 Å². The molecule has 2 aromatic rings. The first-order chi connectivity index (χ1) is 16.0. The summed E-state index contributed by atoms with van der Waals surface area (Å²) in [6, 6.07) is 10.9. The van der Waals surface area contributed by atoms with Gasteiger partial charge in [0.15, 0.2) is 0 Å². The molecule has 3 heterocycles. The van der Waals surface area contributed by atoms with E-state index < -0.39 is 0 Å². The number of carbonyl (C=O) groups excluding carboxylic acids is 2. The molecule has 172 valence electrons. The smallest absolute Gasteiger partial charge is 0.290 e. The van der Waals surface area contributed by atoms with E-state index in [-0.39, 0.29) is 18.3 Å². The SMILES string of the molecule is N#Cc1cccc(C(=O)N2CCC(Cc3cncc(C(=O)N4CCCCC4)c3)C2)c1.O=CO. The second-order valence-corrected chi connectivity index (χ2v) is 8.34. The molecule has 0 radical (unpaired) electrons. The van der Waals surface area contributed by atoms with E-state index in [9.17, 15) is 9.59 Å². The van der Waals surface area contributed by atoms with Gasteiger partial charge in [-0.05, 0) is 67.9 Å². The van der Waals surface area contributed by atoms with E-state index in [0.29, 0.717) is 35.7 Å². The third-order valence-corrected chi connectivity index (χ3v) is 6.02. The van der Waals surface area contributed by atoms with Crippen LogP contribution in [0.2, 0.25) is 0 Å². The predicted octanol–water partition coefficient (Wildman–Crippen LogP) is 2.98. The summed E-state index contributed by atoms with van der Waals surface area (Å²) in [6.45, 7) is 2.80. The minimum Gasteiger partial charge on any atom is -0.483 e. The number of hydrogen-bond donors (Lipinski definition) is 1. The van der Waals surface area contributed by atoms with Crippen LogP contribution in [0, 0.1) is 17.2 Å². The van der Waals surface area contributed by atoms with Gasteiger partial charge in [-0.1, -0.05) is 6.07 Å². The van der Waals surface area contributed by atoms with Crippen molar-refractivity contribution in [3.05, 3.63) is 65.0 Å². The first-order valence-electron chi connectivity index (χ1n) is 11.2. The fraction of sp³-hybridized carbons (Fsp3) is 0.400. The Morgan fingerprint density at radius 2 is 1.79 bits per heavy atom. The molecule has 4 rings (SSSR count). The lowest BCUT2D eigenvalue weighted by Gasteiger charge is -2.26. The maximum Gasteiger partial charge on any atom is 0.290 e. The van der Waals surface area contributed by atoms with Gasteiger partial charge < -0.3 is 14.9 Å². The number of pyridine rings is 1. The Balaban J connectivity index is 0.000000968. The monoisotopic (exact) mass is 448 g/mol. The minimum absolute atomic E-state index is 0.0262. The first kappa shape index (κ1) is 23.9. The molecule has 1 atom stereocenters. The highest BCUT2D eigenvalue weighted by atomic mass is 16.3. The standard InChI is InChI=1S/C24H26N4O2.CH2O2/c25-14-18-5-4-6-21(12-18)23(29)28-10-7-19(17-28)11-20-13-22(16-26-15-20)24(30)27-8-2-1-3-9-27;2-1-3/h4-6,12-13,15-16,19H,1-3,7-11,17H2;1H,(H,2,3). The molecule has 2 aliphatic rings. The number of benzene rings is 1. The highest BCUT2D eigenvalue weighted by Gasteiger charge is 2.27. The molecule has 1 aromatic carbocycles. The fourth-order valence-corrected chi connectivity index (χ4v) is 4.42. The molecule has 2 aliphatic heterocycles. The maximum atomic E-state index is 12.8. The van der Waals surface area contributed by atoms with Crippen LogP contribution in [0.1, 0.15) is 57.5 Å². The third kappa shape index (κ3) is 6.39. The lowest BCUT2D eigenvalue weighted by Crippen LogP contribution is -2.35. The molecule has 1 aromatic heterocycles. The number of likely N-dealkylation sites (tertiary alicyclic amines) is 2. The quantitative estimate of drug-likeness (QED) is 0.719. The number of aromatic nitrogens is 1. The maximum absolute atomic E-state index is 12.8. The molecular weight excluding hydrogens is 420 g/mol. The summed E-state index contributed by atoms with van der Waals surface area (Å²) in [5.41, 5.74) is 2.76. The highest BCUT2D eigenvalue weighted by Crippen LogP contribution is 2.23. The number of carbonyl (C=O) groups is 3. The van der Waals surface area contributed by atoms with Gasteiger partial charge in [0.25, 0.3) is 18.3 Å². The molecule has 2 amide bonds. The lowest BCUT2D eigenvalue weighted by molar-refractivity contribution is -0.122. The van der Waals surface area contributed by atoms with Gasteiger partial charge in [0.1, 0.15) is 0 Å². The fourth-order valence-electron chi connectivity index (χ4n) is 4.42. The van der Waals surface area contributed by atoms with Crippen molar-refractivity contribution in [2.45, 2.75) is 32.1 Å². The van der Waals surface area contributed by atoms with Crippen molar-refractivity contribution < 1.29 is 19.5 Å². The van der Waals surface area contributed by atoms with E-state index in [1.165, 1.54) is 6.42 Å². The minimum atomic E-state index is -0.250. The first-order valence-corrected chi connectivity index (χ1v) is 11.2. The predicted molar refractivity (Wildman–Crippen MR) is 122 cm³/mol. The number of carboxylic acid groups (broad SMARTS) is 1. The summed E-state index contributed by atoms with van der Waals surface area (Å²) in [7, 11) is 0. The average molecular weight is 449 g/mol. The van der Waals surface area contributed by atoms with Crippen LogP contribution in [0.4, 0.5) is 0 Å². The summed E-state index contributed by atoms with van der Waals surface area (Å²) in [5.74, 6) is 0.390. The van der Waals surface area contributed by atoms with Gasteiger partial charge in [-0.2, -0.15) is 5.26 Å². The Labute approximate surface area is 193 Å². The van der Waals surface area contributed by atoms with Crippen molar-refractivity contribution in [3.8, 4) is 6.07 Å². The molecule has 2 saturated heterocycles. The summed E-state index contributed by atoms with van der Waals surface area (Å²) in [4.78, 5) is 42.0. The van der Waals surface area contributed by atoms with E-state index in [1.54, 1.807) is 30.5 Å². The third-order valence-electron chi connectivity index (χ3n) is 6.02. The summed E-state index contributed by atoms with van der Waals surface area (Å²) in [5, 5.41) is 15.9. The highest BCUT2D eigenvalue weighted by molar-refractivity contribution is 5.95. The lowest BCUT2D eigenvalue weighted by atomic mass is 9.98. The molecule has 1 unspecified atom stereocenters. The van der Waals surface area contributed by atoms with Gasteiger partial charge >= 0.3 is 0 Å². The normalized spacial score (nSPS) is 17.5. The summed E-state index contributed by atoms with van der Waals surface area (Å²) < 4.78 is 0. The Morgan fingerprint density at radius 3 is 2.52 bits per heavy atom. The van der Waals surface area contributed by atoms with Gasteiger partial charge in [0.05, 0.1) is 17.2 Å². The van der Waals surface area contributed by atoms with Gasteiger partial charge in [-0.25, -0.2) is 0 Å². The molecule has 0 spiro atoms. The van der Waals surface area contributed by atoms with Crippen LogP contribution in [0.25, 0.3) is 0 Å². The molecule has 1 N–H and O–H groups in total. The van der Waals surface area contributed by atoms with E-state index in [1.807, 2.05) is 22.1 Å². The van der Waals surface area contributed by atoms with Gasteiger partial charge in [-0.15, -0.1) is 0 Å². The number of rotatable bonds is 4. The zero-order valence-corrected chi connectivity index (χ0v) is 18.5. The number of amides is 2. The van der Waals surface area contributed by atoms with Crippen LogP contribution < -0.4 is 0 Å². The largest absolute Gasteiger partial charge is 0.483 e. The van der Waals surface area contributed by atoms with Crippen molar-refractivity contribution in [2.75, 3.05) is 26.2 Å². The number of hydrogen-bond acceptors (Lipinski definition) is 5. The van der Waals surface area contributed by atoms with Crippen LogP contribution >= 0.6 is 0 Å². The molecule has 33 heavy (non-hydrogen) atoms. The van der Waals surface area contributed by atoms with Crippen LogP contribution in [-0.4, -0.2) is 64.4 Å². The molecule has 2 fully saturated rings. The van der Waals surface area contributed by atoms with Crippen molar-refractivity contribution in [1.82, 2.24) is 14.8 Å². The van der Waals surface area contributed by atoms with Crippen LogP contribution in [0.5, 0.6) is 0 Å². The molecule has 8 nitrogen and oxygen atoms in total.